The van der Waals surface area contributed by atoms with E-state index in [-0.39, 0.29) is 18.1 Å². The molecule has 30 heavy (non-hydrogen) atoms. The van der Waals surface area contributed by atoms with Gasteiger partial charge in [-0.2, -0.15) is 0 Å². The summed E-state index contributed by atoms with van der Waals surface area (Å²) in [4.78, 5) is 12.7. The number of carbonyl (C=O) groups excluding carboxylic acids is 1. The van der Waals surface area contributed by atoms with Crippen LogP contribution < -0.4 is 9.47 Å². The Bertz CT molecular complexity index is 1130. The summed E-state index contributed by atoms with van der Waals surface area (Å²) in [7, 11) is 0. The fourth-order valence-electron chi connectivity index (χ4n) is 3.19. The molecule has 0 N–H and O–H groups in total. The maximum absolute atomic E-state index is 13.2. The van der Waals surface area contributed by atoms with Crippen LogP contribution in [0.15, 0.2) is 66.4 Å². The maximum atomic E-state index is 13.2. The van der Waals surface area contributed by atoms with Crippen molar-refractivity contribution >= 4 is 23.5 Å². The van der Waals surface area contributed by atoms with Crippen LogP contribution in [0, 0.1) is 5.82 Å². The van der Waals surface area contributed by atoms with Crippen molar-refractivity contribution in [2.24, 2.45) is 0 Å². The molecule has 0 aromatic heterocycles. The van der Waals surface area contributed by atoms with E-state index in [9.17, 15) is 9.18 Å². The molecule has 1 aliphatic rings. The van der Waals surface area contributed by atoms with Gasteiger partial charge in [0.25, 0.3) is 0 Å². The number of hydrogen-bond acceptors (Lipinski definition) is 3. The lowest BCUT2D eigenvalue weighted by atomic mass is 10.0. The number of benzene rings is 3. The van der Waals surface area contributed by atoms with Crippen molar-refractivity contribution in [2.45, 2.75) is 26.4 Å². The van der Waals surface area contributed by atoms with Gasteiger partial charge in [-0.1, -0.05) is 55.8 Å². The number of ether oxygens (including phenoxy) is 2. The maximum Gasteiger partial charge on any atom is 0.231 e. The number of rotatable bonds is 5. The van der Waals surface area contributed by atoms with E-state index in [2.05, 4.69) is 26.0 Å². The van der Waals surface area contributed by atoms with Gasteiger partial charge in [0.2, 0.25) is 5.78 Å². The average molecular weight is 423 g/mol. The Labute approximate surface area is 179 Å². The van der Waals surface area contributed by atoms with Gasteiger partial charge in [0.05, 0.1) is 10.6 Å². The van der Waals surface area contributed by atoms with Gasteiger partial charge in [-0.3, -0.25) is 4.79 Å². The largest absolute Gasteiger partial charge is 0.489 e. The van der Waals surface area contributed by atoms with Gasteiger partial charge in [0, 0.05) is 11.6 Å². The number of carbonyl (C=O) groups is 1. The number of Topliss-reactive ketones (excluding diaryl/α,β-unsaturated/α-hetero) is 1. The minimum atomic E-state index is -0.397. The Balaban J connectivity index is 1.49. The third-order valence-electron chi connectivity index (χ3n) is 4.95. The molecule has 0 bridgehead atoms. The molecule has 0 saturated heterocycles. The Morgan fingerprint density at radius 1 is 1.07 bits per heavy atom. The van der Waals surface area contributed by atoms with Crippen LogP contribution in [0.1, 0.15) is 46.8 Å². The normalized spacial score (nSPS) is 14.2. The van der Waals surface area contributed by atoms with Gasteiger partial charge in [0.1, 0.15) is 23.9 Å². The minimum absolute atomic E-state index is 0.161. The molecular formula is C25H20ClFO3. The van der Waals surface area contributed by atoms with Crippen molar-refractivity contribution in [3.05, 3.63) is 99.5 Å². The molecule has 3 aromatic rings. The summed E-state index contributed by atoms with van der Waals surface area (Å²) < 4.78 is 24.7. The van der Waals surface area contributed by atoms with Crippen LogP contribution in [-0.2, 0) is 6.61 Å². The van der Waals surface area contributed by atoms with Crippen molar-refractivity contribution in [3.63, 3.8) is 0 Å². The highest BCUT2D eigenvalue weighted by molar-refractivity contribution is 6.31. The van der Waals surface area contributed by atoms with Crippen LogP contribution in [0.2, 0.25) is 5.02 Å². The Hall–Kier alpha value is -3.11. The first-order chi connectivity index (χ1) is 14.4. The molecule has 0 atom stereocenters. The summed E-state index contributed by atoms with van der Waals surface area (Å²) in [6.45, 7) is 4.45. The number of fused-ring (bicyclic) bond motifs is 1. The zero-order chi connectivity index (χ0) is 21.3. The van der Waals surface area contributed by atoms with E-state index in [0.29, 0.717) is 33.6 Å². The zero-order valence-corrected chi connectivity index (χ0v) is 17.4. The standard InChI is InChI=1S/C25H20ClFO3/c1-15(2)17-5-3-16(4-6-17)11-24-25(28)21-10-9-20(13-23(21)30-24)29-14-18-7-8-19(27)12-22(18)26/h3-13,15H,14H2,1-2H3/b24-11-. The molecule has 3 aromatic carbocycles. The van der Waals surface area contributed by atoms with Gasteiger partial charge < -0.3 is 9.47 Å². The topological polar surface area (TPSA) is 35.5 Å². The second-order valence-electron chi connectivity index (χ2n) is 7.44. The van der Waals surface area contributed by atoms with Crippen LogP contribution in [0.25, 0.3) is 6.08 Å². The first kappa shape index (κ1) is 20.2. The smallest absolute Gasteiger partial charge is 0.231 e. The fourth-order valence-corrected chi connectivity index (χ4v) is 3.41. The Morgan fingerprint density at radius 3 is 2.53 bits per heavy atom. The summed E-state index contributed by atoms with van der Waals surface area (Å²) in [6.07, 6.45) is 1.74. The predicted octanol–water partition coefficient (Wildman–Crippen LogP) is 6.80. The van der Waals surface area contributed by atoms with E-state index < -0.39 is 5.82 Å². The molecule has 0 fully saturated rings. The van der Waals surface area contributed by atoms with E-state index in [1.54, 1.807) is 30.3 Å². The molecule has 152 valence electrons. The van der Waals surface area contributed by atoms with Crippen molar-refractivity contribution in [1.29, 1.82) is 0 Å². The highest BCUT2D eigenvalue weighted by Gasteiger charge is 2.27. The van der Waals surface area contributed by atoms with Gasteiger partial charge in [-0.15, -0.1) is 0 Å². The van der Waals surface area contributed by atoms with Crippen LogP contribution in [-0.4, -0.2) is 5.78 Å². The van der Waals surface area contributed by atoms with Crippen molar-refractivity contribution in [1.82, 2.24) is 0 Å². The quantitative estimate of drug-likeness (QED) is 0.424. The zero-order valence-electron chi connectivity index (χ0n) is 16.6. The molecule has 0 aliphatic carbocycles. The second kappa shape index (κ2) is 8.33. The molecule has 0 amide bonds. The molecule has 5 heteroatoms. The van der Waals surface area contributed by atoms with Crippen molar-refractivity contribution in [3.8, 4) is 11.5 Å². The van der Waals surface area contributed by atoms with Crippen LogP contribution in [0.5, 0.6) is 11.5 Å². The third-order valence-corrected chi connectivity index (χ3v) is 5.30. The van der Waals surface area contributed by atoms with E-state index in [1.165, 1.54) is 17.7 Å². The minimum Gasteiger partial charge on any atom is -0.489 e. The number of halogens is 2. The van der Waals surface area contributed by atoms with Crippen LogP contribution >= 0.6 is 11.6 Å². The van der Waals surface area contributed by atoms with Gasteiger partial charge >= 0.3 is 0 Å². The molecule has 0 radical (unpaired) electrons. The lowest BCUT2D eigenvalue weighted by Gasteiger charge is -2.09. The highest BCUT2D eigenvalue weighted by Crippen LogP contribution is 2.35. The lowest BCUT2D eigenvalue weighted by molar-refractivity contribution is 0.101. The summed E-state index contributed by atoms with van der Waals surface area (Å²) >= 11 is 6.03. The first-order valence-electron chi connectivity index (χ1n) is 9.65. The van der Waals surface area contributed by atoms with Gasteiger partial charge in [0.15, 0.2) is 5.76 Å². The monoisotopic (exact) mass is 422 g/mol. The Kier molecular flexibility index (Phi) is 5.60. The molecule has 0 spiro atoms. The van der Waals surface area contributed by atoms with Crippen LogP contribution in [0.4, 0.5) is 4.39 Å². The van der Waals surface area contributed by atoms with E-state index in [1.807, 2.05) is 12.1 Å². The fraction of sp³-hybridized carbons (Fsp3) is 0.160. The lowest BCUT2D eigenvalue weighted by Crippen LogP contribution is -1.98. The summed E-state index contributed by atoms with van der Waals surface area (Å²) in [5.41, 5.74) is 3.30. The SMILES string of the molecule is CC(C)c1ccc(/C=C2\Oc3cc(OCc4ccc(F)cc4Cl)ccc3C2=O)cc1. The molecule has 0 saturated carbocycles. The van der Waals surface area contributed by atoms with Gasteiger partial charge in [-0.25, -0.2) is 4.39 Å². The average Bonchev–Trinajstić information content (AvgIpc) is 3.02. The molecule has 3 nitrogen and oxygen atoms in total. The van der Waals surface area contributed by atoms with Crippen molar-refractivity contribution in [2.75, 3.05) is 0 Å². The Morgan fingerprint density at radius 2 is 1.83 bits per heavy atom. The number of allylic oxidation sites excluding steroid dienone is 1. The third kappa shape index (κ3) is 4.24. The van der Waals surface area contributed by atoms with Crippen LogP contribution in [0.3, 0.4) is 0 Å². The van der Waals surface area contributed by atoms with Crippen molar-refractivity contribution < 1.29 is 18.7 Å². The molecule has 4 rings (SSSR count). The number of hydrogen-bond donors (Lipinski definition) is 0. The first-order valence-corrected chi connectivity index (χ1v) is 10.0. The molecule has 1 aliphatic heterocycles. The molecule has 0 unspecified atom stereocenters. The summed E-state index contributed by atoms with van der Waals surface area (Å²) in [5.74, 6) is 1.15. The molecular weight excluding hydrogens is 403 g/mol. The summed E-state index contributed by atoms with van der Waals surface area (Å²) in [6, 6.07) is 17.3. The molecule has 1 heterocycles. The second-order valence-corrected chi connectivity index (χ2v) is 7.85. The summed E-state index contributed by atoms with van der Waals surface area (Å²) in [5, 5.41) is 0.302. The highest BCUT2D eigenvalue weighted by atomic mass is 35.5. The van der Waals surface area contributed by atoms with Gasteiger partial charge in [-0.05, 0) is 47.4 Å². The van der Waals surface area contributed by atoms with E-state index >= 15 is 0 Å². The number of ketones is 1. The van der Waals surface area contributed by atoms with E-state index in [0.717, 1.165) is 5.56 Å². The predicted molar refractivity (Wildman–Crippen MR) is 116 cm³/mol. The van der Waals surface area contributed by atoms with E-state index in [4.69, 9.17) is 21.1 Å².